The van der Waals surface area contributed by atoms with E-state index in [0.717, 1.165) is 71.6 Å². The molecule has 158 valence electrons. The predicted octanol–water partition coefficient (Wildman–Crippen LogP) is 3.65. The highest BCUT2D eigenvalue weighted by molar-refractivity contribution is 5.77. The number of imidazole rings is 1. The van der Waals surface area contributed by atoms with Crippen LogP contribution < -0.4 is 4.74 Å². The van der Waals surface area contributed by atoms with E-state index in [1.54, 1.807) is 13.3 Å². The lowest BCUT2D eigenvalue weighted by Gasteiger charge is -2.12. The Kier molecular flexibility index (Phi) is 4.21. The number of rotatable bonds is 4. The van der Waals surface area contributed by atoms with Gasteiger partial charge in [-0.2, -0.15) is 5.10 Å². The summed E-state index contributed by atoms with van der Waals surface area (Å²) in [6, 6.07) is 6.08. The van der Waals surface area contributed by atoms with E-state index in [4.69, 9.17) is 19.0 Å². The van der Waals surface area contributed by atoms with Crippen molar-refractivity contribution in [1.29, 1.82) is 0 Å². The third-order valence-corrected chi connectivity index (χ3v) is 6.07. The summed E-state index contributed by atoms with van der Waals surface area (Å²) in [7, 11) is 1.68. The number of nitrogens with zero attached hydrogens (tertiary/aromatic N) is 5. The van der Waals surface area contributed by atoms with Crippen molar-refractivity contribution in [3.63, 3.8) is 0 Å². The van der Waals surface area contributed by atoms with Crippen LogP contribution >= 0.6 is 0 Å². The van der Waals surface area contributed by atoms with Crippen LogP contribution in [-0.4, -0.2) is 44.6 Å². The molecular formula is C23H23N5O3. The summed E-state index contributed by atoms with van der Waals surface area (Å²) < 4.78 is 21.0. The zero-order valence-electron chi connectivity index (χ0n) is 17.5. The molecule has 1 atom stereocenters. The third kappa shape index (κ3) is 3.06. The van der Waals surface area contributed by atoms with Crippen LogP contribution in [0.2, 0.25) is 0 Å². The van der Waals surface area contributed by atoms with E-state index in [1.807, 2.05) is 25.4 Å². The number of benzene rings is 1. The van der Waals surface area contributed by atoms with Crippen LogP contribution in [0.15, 0.2) is 41.3 Å². The highest BCUT2D eigenvalue weighted by atomic mass is 16.5. The minimum atomic E-state index is 0.504. The number of fused-ring (bicyclic) bond motifs is 5. The molecule has 0 aliphatic carbocycles. The summed E-state index contributed by atoms with van der Waals surface area (Å²) in [6.07, 6.45) is 7.48. The molecule has 1 saturated heterocycles. The van der Waals surface area contributed by atoms with Crippen LogP contribution in [0.25, 0.3) is 28.5 Å². The lowest BCUT2D eigenvalue weighted by molar-refractivity contribution is 0.181. The maximum absolute atomic E-state index is 5.80. The fourth-order valence-corrected chi connectivity index (χ4v) is 4.52. The van der Waals surface area contributed by atoms with E-state index in [-0.39, 0.29) is 0 Å². The molecule has 1 unspecified atom stereocenters. The maximum atomic E-state index is 5.80. The van der Waals surface area contributed by atoms with Crippen LogP contribution in [0.4, 0.5) is 0 Å². The Morgan fingerprint density at radius 1 is 1.23 bits per heavy atom. The summed E-state index contributed by atoms with van der Waals surface area (Å²) in [5.74, 6) is 2.61. The highest BCUT2D eigenvalue weighted by Crippen LogP contribution is 2.39. The summed E-state index contributed by atoms with van der Waals surface area (Å²) in [5.41, 5.74) is 5.98. The number of aryl methyl sites for hydroxylation is 1. The van der Waals surface area contributed by atoms with Gasteiger partial charge < -0.3 is 18.5 Å². The van der Waals surface area contributed by atoms with Crippen molar-refractivity contribution in [2.75, 3.05) is 20.3 Å². The molecule has 5 heterocycles. The molecule has 8 heteroatoms. The first kappa shape index (κ1) is 18.4. The van der Waals surface area contributed by atoms with Gasteiger partial charge in [-0.1, -0.05) is 0 Å². The molecule has 1 aromatic carbocycles. The summed E-state index contributed by atoms with van der Waals surface area (Å²) in [5, 5.41) is 4.99. The standard InChI is InChI=1S/C23H23N5O3/c1-14-9-24-23(31-14)22-20-7-16-11-27(10-15-5-6-30-12-15)26-21(16)18-8-17(29-2)3-4-19(18)28(20)13-25-22/h3-4,8-9,11,13,15H,5-7,10,12H2,1-2H3. The second-order valence-corrected chi connectivity index (χ2v) is 8.20. The van der Waals surface area contributed by atoms with E-state index in [0.29, 0.717) is 18.2 Å². The van der Waals surface area contributed by atoms with Crippen molar-refractivity contribution < 1.29 is 13.9 Å². The molecule has 6 rings (SSSR count). The molecule has 0 bridgehead atoms. The molecule has 31 heavy (non-hydrogen) atoms. The molecule has 0 saturated carbocycles. The van der Waals surface area contributed by atoms with Gasteiger partial charge in [-0.25, -0.2) is 9.97 Å². The van der Waals surface area contributed by atoms with Crippen molar-refractivity contribution in [2.45, 2.75) is 26.3 Å². The first-order valence-corrected chi connectivity index (χ1v) is 10.5. The second-order valence-electron chi connectivity index (χ2n) is 8.20. The van der Waals surface area contributed by atoms with Gasteiger partial charge in [0.15, 0.2) is 0 Å². The monoisotopic (exact) mass is 417 g/mol. The quantitative estimate of drug-likeness (QED) is 0.444. The van der Waals surface area contributed by atoms with Crippen LogP contribution in [0, 0.1) is 12.8 Å². The Balaban J connectivity index is 1.51. The van der Waals surface area contributed by atoms with E-state index in [2.05, 4.69) is 31.5 Å². The number of aromatic nitrogens is 5. The van der Waals surface area contributed by atoms with Gasteiger partial charge in [-0.05, 0) is 31.5 Å². The molecule has 1 fully saturated rings. The first-order valence-electron chi connectivity index (χ1n) is 10.5. The minimum absolute atomic E-state index is 0.504. The molecule has 2 aliphatic rings. The largest absolute Gasteiger partial charge is 0.497 e. The molecule has 0 spiro atoms. The summed E-state index contributed by atoms with van der Waals surface area (Å²) in [6.45, 7) is 4.39. The van der Waals surface area contributed by atoms with Gasteiger partial charge >= 0.3 is 0 Å². The van der Waals surface area contributed by atoms with Gasteiger partial charge in [0, 0.05) is 42.8 Å². The van der Waals surface area contributed by atoms with Crippen molar-refractivity contribution in [3.05, 3.63) is 53.9 Å². The molecule has 0 N–H and O–H groups in total. The maximum Gasteiger partial charge on any atom is 0.247 e. The van der Waals surface area contributed by atoms with Crippen LogP contribution in [0.3, 0.4) is 0 Å². The smallest absolute Gasteiger partial charge is 0.247 e. The van der Waals surface area contributed by atoms with E-state index in [9.17, 15) is 0 Å². The average Bonchev–Trinajstić information content (AvgIpc) is 3.56. The van der Waals surface area contributed by atoms with Gasteiger partial charge in [0.1, 0.15) is 23.5 Å². The van der Waals surface area contributed by atoms with Gasteiger partial charge in [0.2, 0.25) is 5.89 Å². The van der Waals surface area contributed by atoms with E-state index >= 15 is 0 Å². The molecule has 0 amide bonds. The molecule has 8 nitrogen and oxygen atoms in total. The van der Waals surface area contributed by atoms with Gasteiger partial charge in [0.25, 0.3) is 0 Å². The normalized spacial score (nSPS) is 17.2. The SMILES string of the molecule is COc1ccc2c(c1)-c1nn(CC3CCOC3)cc1Cc1c(-c3ncc(C)o3)ncn1-2. The van der Waals surface area contributed by atoms with Crippen LogP contribution in [-0.2, 0) is 17.7 Å². The fourth-order valence-electron chi connectivity index (χ4n) is 4.52. The highest BCUT2D eigenvalue weighted by Gasteiger charge is 2.28. The van der Waals surface area contributed by atoms with Crippen molar-refractivity contribution in [3.8, 4) is 34.3 Å². The Labute approximate surface area is 179 Å². The molecule has 0 radical (unpaired) electrons. The lowest BCUT2D eigenvalue weighted by Crippen LogP contribution is -2.11. The lowest BCUT2D eigenvalue weighted by atomic mass is 10.0. The van der Waals surface area contributed by atoms with Crippen LogP contribution in [0.5, 0.6) is 5.75 Å². The number of ether oxygens (including phenoxy) is 2. The molecule has 4 aromatic rings. The van der Waals surface area contributed by atoms with Crippen molar-refractivity contribution >= 4 is 0 Å². The zero-order valence-corrected chi connectivity index (χ0v) is 17.5. The molecular weight excluding hydrogens is 394 g/mol. The Hall–Kier alpha value is -3.39. The Bertz CT molecular complexity index is 1260. The predicted molar refractivity (Wildman–Crippen MR) is 113 cm³/mol. The molecule has 3 aromatic heterocycles. The van der Waals surface area contributed by atoms with Crippen molar-refractivity contribution in [1.82, 2.24) is 24.3 Å². The number of methoxy groups -OCH3 is 1. The van der Waals surface area contributed by atoms with E-state index < -0.39 is 0 Å². The summed E-state index contributed by atoms with van der Waals surface area (Å²) >= 11 is 0. The summed E-state index contributed by atoms with van der Waals surface area (Å²) in [4.78, 5) is 9.07. The second kappa shape index (κ2) is 7.09. The average molecular weight is 417 g/mol. The number of oxazole rings is 1. The Morgan fingerprint density at radius 3 is 2.94 bits per heavy atom. The zero-order chi connectivity index (χ0) is 20.9. The molecule has 2 aliphatic heterocycles. The fraction of sp³-hybridized carbons (Fsp3) is 0.348. The Morgan fingerprint density at radius 2 is 2.16 bits per heavy atom. The number of hydrogen-bond donors (Lipinski definition) is 0. The van der Waals surface area contributed by atoms with Gasteiger partial charge in [0.05, 0.1) is 37.0 Å². The number of hydrogen-bond acceptors (Lipinski definition) is 6. The van der Waals surface area contributed by atoms with E-state index in [1.165, 1.54) is 0 Å². The first-order chi connectivity index (χ1) is 15.2. The van der Waals surface area contributed by atoms with Gasteiger partial charge in [-0.3, -0.25) is 4.68 Å². The van der Waals surface area contributed by atoms with Gasteiger partial charge in [-0.15, -0.1) is 0 Å². The third-order valence-electron chi connectivity index (χ3n) is 6.07. The minimum Gasteiger partial charge on any atom is -0.497 e. The van der Waals surface area contributed by atoms with Crippen LogP contribution in [0.1, 0.15) is 23.4 Å². The topological polar surface area (TPSA) is 80.1 Å². The van der Waals surface area contributed by atoms with Crippen molar-refractivity contribution in [2.24, 2.45) is 5.92 Å².